The van der Waals surface area contributed by atoms with Crippen molar-refractivity contribution < 1.29 is 0 Å². The topological polar surface area (TPSA) is 61.8 Å². The number of imidazole rings is 1. The van der Waals surface area contributed by atoms with Crippen LogP contribution < -0.4 is 11.2 Å². The number of hydrogen-bond acceptors (Lipinski definition) is 4. The van der Waals surface area contributed by atoms with Gasteiger partial charge >= 0.3 is 5.69 Å². The number of nitrogens with zero attached hydrogens (tertiary/aromatic N) is 4. The lowest BCUT2D eigenvalue weighted by Crippen LogP contribution is -2.38. The first kappa shape index (κ1) is 18.3. The van der Waals surface area contributed by atoms with E-state index in [2.05, 4.69) is 11.9 Å². The third-order valence-electron chi connectivity index (χ3n) is 4.49. The molecule has 0 aliphatic rings. The first-order valence-electron chi connectivity index (χ1n) is 9.11. The van der Waals surface area contributed by atoms with E-state index in [4.69, 9.17) is 0 Å². The van der Waals surface area contributed by atoms with Gasteiger partial charge in [0, 0.05) is 18.5 Å². The summed E-state index contributed by atoms with van der Waals surface area (Å²) >= 11 is 1.58. The first-order valence-corrected chi connectivity index (χ1v) is 10.1. The predicted octanol–water partition coefficient (Wildman–Crippen LogP) is 3.38. The van der Waals surface area contributed by atoms with Gasteiger partial charge in [0.2, 0.25) is 0 Å². The Morgan fingerprint density at radius 2 is 1.46 bits per heavy atom. The number of rotatable bonds is 5. The van der Waals surface area contributed by atoms with Crippen molar-refractivity contribution >= 4 is 22.9 Å². The lowest BCUT2D eigenvalue weighted by molar-refractivity contribution is 0.765. The zero-order valence-electron chi connectivity index (χ0n) is 15.7. The quantitative estimate of drug-likeness (QED) is 0.489. The van der Waals surface area contributed by atoms with Gasteiger partial charge in [0.15, 0.2) is 16.3 Å². The molecule has 0 N–H and O–H groups in total. The standard InChI is InChI=1S/C21H20N4O2S/c1-3-14-28-20-22-18-17(24(20)15-10-6-4-7-11-15)19(26)25(21(27)23(18)2)16-12-8-5-9-13-16/h4-13H,3,14H2,1-2H3. The summed E-state index contributed by atoms with van der Waals surface area (Å²) in [4.78, 5) is 31.1. The van der Waals surface area contributed by atoms with Gasteiger partial charge in [-0.25, -0.2) is 14.3 Å². The van der Waals surface area contributed by atoms with E-state index in [1.165, 1.54) is 9.13 Å². The average molecular weight is 392 g/mol. The van der Waals surface area contributed by atoms with Gasteiger partial charge in [0.05, 0.1) is 5.69 Å². The van der Waals surface area contributed by atoms with E-state index in [1.54, 1.807) is 30.9 Å². The second-order valence-corrected chi connectivity index (χ2v) is 7.47. The van der Waals surface area contributed by atoms with Crippen molar-refractivity contribution in [3.8, 4) is 11.4 Å². The number of para-hydroxylation sites is 2. The van der Waals surface area contributed by atoms with Gasteiger partial charge in [-0.1, -0.05) is 55.1 Å². The fourth-order valence-corrected chi connectivity index (χ4v) is 4.02. The second kappa shape index (κ2) is 7.52. The molecule has 0 atom stereocenters. The monoisotopic (exact) mass is 392 g/mol. The van der Waals surface area contributed by atoms with Gasteiger partial charge in [0.1, 0.15) is 0 Å². The van der Waals surface area contributed by atoms with E-state index < -0.39 is 5.69 Å². The number of fused-ring (bicyclic) bond motifs is 1. The number of benzene rings is 2. The average Bonchev–Trinajstić information content (AvgIpc) is 3.12. The van der Waals surface area contributed by atoms with Crippen LogP contribution in [-0.4, -0.2) is 24.4 Å². The molecule has 4 aromatic rings. The molecule has 0 radical (unpaired) electrons. The van der Waals surface area contributed by atoms with Crippen LogP contribution in [0.25, 0.3) is 22.5 Å². The highest BCUT2D eigenvalue weighted by atomic mass is 32.2. The highest BCUT2D eigenvalue weighted by Crippen LogP contribution is 2.26. The molecule has 6 nitrogen and oxygen atoms in total. The zero-order chi connectivity index (χ0) is 19.7. The van der Waals surface area contributed by atoms with Crippen LogP contribution in [0, 0.1) is 0 Å². The van der Waals surface area contributed by atoms with Crippen LogP contribution in [0.2, 0.25) is 0 Å². The van der Waals surface area contributed by atoms with E-state index in [1.807, 2.05) is 53.1 Å². The third-order valence-corrected chi connectivity index (χ3v) is 5.64. The summed E-state index contributed by atoms with van der Waals surface area (Å²) in [6.07, 6.45) is 0.982. The van der Waals surface area contributed by atoms with Crippen molar-refractivity contribution in [1.29, 1.82) is 0 Å². The van der Waals surface area contributed by atoms with Gasteiger partial charge in [-0.2, -0.15) is 0 Å². The molecule has 4 rings (SSSR count). The van der Waals surface area contributed by atoms with E-state index >= 15 is 0 Å². The maximum Gasteiger partial charge on any atom is 0.337 e. The molecule has 2 heterocycles. The first-order chi connectivity index (χ1) is 13.6. The molecular formula is C21H20N4O2S. The molecule has 0 aliphatic carbocycles. The summed E-state index contributed by atoms with van der Waals surface area (Å²) in [6.45, 7) is 2.10. The minimum Gasteiger partial charge on any atom is -0.281 e. The molecule has 0 bridgehead atoms. The van der Waals surface area contributed by atoms with Crippen molar-refractivity contribution in [2.24, 2.45) is 7.05 Å². The molecule has 0 saturated carbocycles. The Bertz CT molecular complexity index is 1240. The van der Waals surface area contributed by atoms with Crippen molar-refractivity contribution in [1.82, 2.24) is 18.7 Å². The van der Waals surface area contributed by atoms with Crippen LogP contribution in [0.3, 0.4) is 0 Å². The Morgan fingerprint density at radius 1 is 0.893 bits per heavy atom. The van der Waals surface area contributed by atoms with Crippen LogP contribution in [0.5, 0.6) is 0 Å². The minimum atomic E-state index is -0.409. The van der Waals surface area contributed by atoms with Gasteiger partial charge < -0.3 is 0 Å². The van der Waals surface area contributed by atoms with E-state index in [9.17, 15) is 9.59 Å². The Balaban J connectivity index is 2.12. The van der Waals surface area contributed by atoms with Gasteiger partial charge in [-0.15, -0.1) is 0 Å². The van der Waals surface area contributed by atoms with Crippen LogP contribution in [0.1, 0.15) is 13.3 Å². The molecular weight excluding hydrogens is 372 g/mol. The van der Waals surface area contributed by atoms with Crippen LogP contribution in [-0.2, 0) is 7.05 Å². The number of aromatic nitrogens is 4. The molecule has 0 amide bonds. The SMILES string of the molecule is CCCSc1nc2c(c(=O)n(-c3ccccc3)c(=O)n2C)n1-c1ccccc1. The fraction of sp³-hybridized carbons (Fsp3) is 0.190. The number of hydrogen-bond donors (Lipinski definition) is 0. The Morgan fingerprint density at radius 3 is 2.04 bits per heavy atom. The van der Waals surface area contributed by atoms with Crippen molar-refractivity contribution in [3.05, 3.63) is 81.5 Å². The molecule has 0 fully saturated rings. The van der Waals surface area contributed by atoms with E-state index in [0.717, 1.165) is 17.9 Å². The predicted molar refractivity (Wildman–Crippen MR) is 113 cm³/mol. The normalized spacial score (nSPS) is 11.2. The summed E-state index contributed by atoms with van der Waals surface area (Å²) < 4.78 is 4.51. The number of thioether (sulfide) groups is 1. The molecule has 0 saturated heterocycles. The third kappa shape index (κ3) is 2.97. The number of aryl methyl sites for hydroxylation is 1. The summed E-state index contributed by atoms with van der Waals surface area (Å²) in [7, 11) is 1.65. The maximum atomic E-state index is 13.5. The van der Waals surface area contributed by atoms with Gasteiger partial charge in [-0.05, 0) is 30.7 Å². The summed E-state index contributed by atoms with van der Waals surface area (Å²) in [6, 6.07) is 18.6. The van der Waals surface area contributed by atoms with Crippen LogP contribution >= 0.6 is 11.8 Å². The van der Waals surface area contributed by atoms with Gasteiger partial charge in [0.25, 0.3) is 5.56 Å². The molecule has 0 aliphatic heterocycles. The molecule has 2 aromatic carbocycles. The van der Waals surface area contributed by atoms with Crippen LogP contribution in [0.4, 0.5) is 0 Å². The molecule has 142 valence electrons. The highest BCUT2D eigenvalue weighted by molar-refractivity contribution is 7.99. The lowest BCUT2D eigenvalue weighted by atomic mass is 10.3. The van der Waals surface area contributed by atoms with E-state index in [-0.39, 0.29) is 5.56 Å². The summed E-state index contributed by atoms with van der Waals surface area (Å²) in [5.41, 5.74) is 1.40. The summed E-state index contributed by atoms with van der Waals surface area (Å²) in [5, 5.41) is 0.709. The lowest BCUT2D eigenvalue weighted by Gasteiger charge is -2.11. The summed E-state index contributed by atoms with van der Waals surface area (Å²) in [5.74, 6) is 0.872. The van der Waals surface area contributed by atoms with E-state index in [0.29, 0.717) is 22.0 Å². The second-order valence-electron chi connectivity index (χ2n) is 6.40. The van der Waals surface area contributed by atoms with Crippen molar-refractivity contribution in [2.75, 3.05) is 5.75 Å². The van der Waals surface area contributed by atoms with Crippen LogP contribution in [0.15, 0.2) is 75.4 Å². The Kier molecular flexibility index (Phi) is 4.92. The molecule has 0 unspecified atom stereocenters. The van der Waals surface area contributed by atoms with Crippen molar-refractivity contribution in [3.63, 3.8) is 0 Å². The largest absolute Gasteiger partial charge is 0.337 e. The maximum absolute atomic E-state index is 13.5. The highest BCUT2D eigenvalue weighted by Gasteiger charge is 2.22. The zero-order valence-corrected chi connectivity index (χ0v) is 16.5. The van der Waals surface area contributed by atoms with Crippen molar-refractivity contribution in [2.45, 2.75) is 18.5 Å². The minimum absolute atomic E-state index is 0.371. The molecule has 2 aromatic heterocycles. The Labute approximate surface area is 166 Å². The van der Waals surface area contributed by atoms with Gasteiger partial charge in [-0.3, -0.25) is 13.9 Å². The fourth-order valence-electron chi connectivity index (χ4n) is 3.16. The molecule has 28 heavy (non-hydrogen) atoms. The molecule has 7 heteroatoms. The molecule has 0 spiro atoms. The smallest absolute Gasteiger partial charge is 0.281 e. The Hall–Kier alpha value is -3.06.